The topological polar surface area (TPSA) is 629 Å². The van der Waals surface area contributed by atoms with Gasteiger partial charge < -0.3 is 145 Å². The first kappa shape index (κ1) is 87.1. The molecule has 0 aliphatic heterocycles. The zero-order chi connectivity index (χ0) is 41.2. The molecule has 0 aromatic carbocycles. The minimum absolute atomic E-state index is 0. The molecule has 24 N–H and O–H groups in total. The maximum atomic E-state index is 9.34. The zero-order valence-corrected chi connectivity index (χ0v) is 32.8. The van der Waals surface area contributed by atoms with Gasteiger partial charge in [0.1, 0.15) is 0 Å². The molecule has 0 heterocycles. The Bertz CT molecular complexity index is 700. The van der Waals surface area contributed by atoms with Gasteiger partial charge in [-0.05, 0) is 55.4 Å². The number of aliphatic hydroxyl groups is 8. The van der Waals surface area contributed by atoms with E-state index in [0.717, 1.165) is 55.4 Å². The van der Waals surface area contributed by atoms with Crippen LogP contribution in [-0.4, -0.2) is 137 Å². The number of quaternary nitrogens is 4. The second-order valence-corrected chi connectivity index (χ2v) is 7.96. The van der Waals surface area contributed by atoms with Crippen LogP contribution in [0.5, 0.6) is 0 Å². The van der Waals surface area contributed by atoms with Crippen molar-refractivity contribution in [3.8, 4) is 0 Å². The largest absolute Gasteiger partial charge is 4.00 e. The minimum atomic E-state index is -1.44. The molecule has 0 spiro atoms. The van der Waals surface area contributed by atoms with Crippen molar-refractivity contribution in [2.45, 2.75) is 104 Å². The Labute approximate surface area is 318 Å². The maximum absolute atomic E-state index is 9.34. The second kappa shape index (κ2) is 54.8. The van der Waals surface area contributed by atoms with Crippen molar-refractivity contribution in [2.24, 2.45) is 0 Å². The second-order valence-electron chi connectivity index (χ2n) is 7.96. The number of rotatable bonds is 8. The van der Waals surface area contributed by atoms with Gasteiger partial charge in [0, 0.05) is 0 Å². The number of aliphatic carboxylic acids is 8. The molecule has 29 heteroatoms. The van der Waals surface area contributed by atoms with E-state index in [2.05, 4.69) is 0 Å². The van der Waals surface area contributed by atoms with Crippen LogP contribution in [0.4, 0.5) is 0 Å². The fourth-order valence-electron chi connectivity index (χ4n) is 0. The molecule has 0 aromatic rings. The smallest absolute Gasteiger partial charge is 0.547 e. The van der Waals surface area contributed by atoms with Crippen LogP contribution in [0.3, 0.4) is 0 Å². The molecule has 28 nitrogen and oxygen atoms in total. The molecular formula is C24H56N4O24Ti. The Balaban J connectivity index is -0.0000000309. The summed E-state index contributed by atoms with van der Waals surface area (Å²) in [7, 11) is 0. The Hall–Kier alpha value is -4.01. The fourth-order valence-corrected chi connectivity index (χ4v) is 0. The molecule has 0 aliphatic rings. The van der Waals surface area contributed by atoms with Gasteiger partial charge >= 0.3 is 21.7 Å². The Kier molecular flexibility index (Phi) is 90.0. The number of carboxylic acids is 8. The molecule has 0 rings (SSSR count). The Morgan fingerprint density at radius 1 is 0.264 bits per heavy atom. The van der Waals surface area contributed by atoms with Crippen LogP contribution in [-0.2, 0) is 60.1 Å². The minimum Gasteiger partial charge on any atom is -0.547 e. The molecule has 0 saturated heterocycles. The van der Waals surface area contributed by atoms with E-state index >= 15 is 0 Å². The standard InChI is InChI=1S/8C3H6O3.4H3N.Ti/c8*1-2(4)3(5)6;;;;;/h8*2,4H,1H3,(H,5,6);4*1H3;/q;;;;;;;;;;;;+4/p-4. The quantitative estimate of drug-likeness (QED) is 0.101. The van der Waals surface area contributed by atoms with Crippen molar-refractivity contribution in [3.05, 3.63) is 0 Å². The summed E-state index contributed by atoms with van der Waals surface area (Å²) >= 11 is 0. The molecule has 0 radical (unpaired) electrons. The first-order valence-corrected chi connectivity index (χ1v) is 12.3. The SMILES string of the molecule is CC(O)C(=O)[O-].CC(O)C(=O)[O-].CC(O)C(=O)[O-].CC(O)C(=O)[O-].CC(O)C(=O)[O-].CC(O)C(=O)[O-].CC(O)C(=O)[O-].CC(O)C(=O)[O-].[NH4+].[NH4+].[NH4+].[NH4+].[Ti+4]. The van der Waals surface area contributed by atoms with Crippen LogP contribution >= 0.6 is 0 Å². The first-order chi connectivity index (χ1) is 21.1. The Morgan fingerprint density at radius 3 is 0.283 bits per heavy atom. The average Bonchev–Trinajstić information content (AvgIpc) is 2.90. The van der Waals surface area contributed by atoms with E-state index in [9.17, 15) is 79.2 Å². The molecule has 0 aromatic heterocycles. The van der Waals surface area contributed by atoms with Crippen molar-refractivity contribution in [3.63, 3.8) is 0 Å². The van der Waals surface area contributed by atoms with Crippen LogP contribution in [0.15, 0.2) is 0 Å². The van der Waals surface area contributed by atoms with E-state index in [4.69, 9.17) is 40.9 Å². The summed E-state index contributed by atoms with van der Waals surface area (Å²) in [6.45, 7) is 9.07. The van der Waals surface area contributed by atoms with Gasteiger partial charge in [-0.1, -0.05) is 0 Å². The molecule has 8 unspecified atom stereocenters. The summed E-state index contributed by atoms with van der Waals surface area (Å²) in [5.74, 6) is -11.5. The van der Waals surface area contributed by atoms with Crippen molar-refractivity contribution in [2.75, 3.05) is 0 Å². The number of carbonyl (C=O) groups is 8. The summed E-state index contributed by atoms with van der Waals surface area (Å²) in [5.41, 5.74) is 0. The van der Waals surface area contributed by atoms with Crippen LogP contribution in [0.1, 0.15) is 55.4 Å². The molecule has 0 aliphatic carbocycles. The molecule has 8 atom stereocenters. The van der Waals surface area contributed by atoms with E-state index < -0.39 is 96.6 Å². The fraction of sp³-hybridized carbons (Fsp3) is 0.667. The summed E-state index contributed by atoms with van der Waals surface area (Å²) in [5, 5.41) is 138. The summed E-state index contributed by atoms with van der Waals surface area (Å²) in [6, 6.07) is 0. The first-order valence-electron chi connectivity index (χ1n) is 12.3. The van der Waals surface area contributed by atoms with Crippen LogP contribution in [0.2, 0.25) is 0 Å². The number of hydrogen-bond donors (Lipinski definition) is 12. The van der Waals surface area contributed by atoms with Gasteiger partial charge in [0.2, 0.25) is 0 Å². The van der Waals surface area contributed by atoms with Crippen molar-refractivity contribution in [1.29, 1.82) is 0 Å². The molecule has 0 amide bonds. The van der Waals surface area contributed by atoms with E-state index in [1.165, 1.54) is 0 Å². The number of aliphatic hydroxyl groups excluding tert-OH is 8. The van der Waals surface area contributed by atoms with Gasteiger partial charge in [0.05, 0.1) is 96.6 Å². The van der Waals surface area contributed by atoms with Gasteiger partial charge in [-0.2, -0.15) is 0 Å². The summed E-state index contributed by atoms with van der Waals surface area (Å²) in [4.78, 5) is 74.7. The zero-order valence-electron chi connectivity index (χ0n) is 31.2. The van der Waals surface area contributed by atoms with Crippen LogP contribution in [0.25, 0.3) is 0 Å². The van der Waals surface area contributed by atoms with E-state index in [1.807, 2.05) is 0 Å². The monoisotopic (exact) mass is 832 g/mol. The number of carboxylic acid groups (broad SMARTS) is 8. The Morgan fingerprint density at radius 2 is 0.283 bits per heavy atom. The van der Waals surface area contributed by atoms with Crippen LogP contribution < -0.4 is 65.5 Å². The van der Waals surface area contributed by atoms with Gasteiger partial charge in [-0.15, -0.1) is 0 Å². The molecule has 0 bridgehead atoms. The third-order valence-electron chi connectivity index (χ3n) is 2.73. The number of carbonyl (C=O) groups excluding carboxylic acids is 8. The van der Waals surface area contributed by atoms with E-state index in [-0.39, 0.29) is 46.3 Å². The van der Waals surface area contributed by atoms with Gasteiger partial charge in [-0.3, -0.25) is 0 Å². The summed E-state index contributed by atoms with van der Waals surface area (Å²) < 4.78 is 0. The third-order valence-corrected chi connectivity index (χ3v) is 2.73. The van der Waals surface area contributed by atoms with Crippen molar-refractivity contribution in [1.82, 2.24) is 24.6 Å². The maximum Gasteiger partial charge on any atom is 4.00 e. The molecule has 0 fully saturated rings. The van der Waals surface area contributed by atoms with Crippen molar-refractivity contribution < 1.29 is 142 Å². The predicted octanol–water partition coefficient (Wildman–Crippen LogP) is -13.6. The number of hydrogen-bond acceptors (Lipinski definition) is 24. The molecule has 0 saturated carbocycles. The van der Waals surface area contributed by atoms with Gasteiger partial charge in [0.25, 0.3) is 0 Å². The average molecular weight is 833 g/mol. The van der Waals surface area contributed by atoms with Gasteiger partial charge in [0.15, 0.2) is 0 Å². The molecular weight excluding hydrogens is 776 g/mol. The molecule has 53 heavy (non-hydrogen) atoms. The van der Waals surface area contributed by atoms with E-state index in [1.54, 1.807) is 0 Å². The van der Waals surface area contributed by atoms with Crippen LogP contribution in [0, 0.1) is 0 Å². The van der Waals surface area contributed by atoms with Gasteiger partial charge in [-0.25, -0.2) is 0 Å². The van der Waals surface area contributed by atoms with Crippen molar-refractivity contribution >= 4 is 47.8 Å². The predicted molar refractivity (Wildman–Crippen MR) is 157 cm³/mol. The third kappa shape index (κ3) is 130. The molecule has 320 valence electrons. The summed E-state index contributed by atoms with van der Waals surface area (Å²) in [6.07, 6.45) is -10.7. The van der Waals surface area contributed by atoms with E-state index in [0.29, 0.717) is 0 Å². The normalized spacial score (nSPS) is 12.4.